The molecule has 0 saturated carbocycles. The van der Waals surface area contributed by atoms with Crippen molar-refractivity contribution in [2.45, 2.75) is 23.8 Å². The van der Waals surface area contributed by atoms with E-state index in [1.165, 1.54) is 0 Å². The Kier molecular flexibility index (Phi) is 7.98. The van der Waals surface area contributed by atoms with Gasteiger partial charge < -0.3 is 16.0 Å². The molecular weight excluding hydrogens is 423 g/mol. The summed E-state index contributed by atoms with van der Waals surface area (Å²) in [6.45, 7) is 3.43. The third-order valence-electron chi connectivity index (χ3n) is 2.59. The Hall–Kier alpha value is -0.170. The standard InChI is InChI=1S/C13H14Cl5N3OS/c1-6(2)10(22)20-11(13(16,17)18)21-12(23)19-9-4-3-7(14)5-8(9)15/h3-6,11H,1-2H3,(H,20,22)(H2,19,21,23)/t11-/m0/s1. The average molecular weight is 438 g/mol. The van der Waals surface area contributed by atoms with Crippen molar-refractivity contribution in [3.8, 4) is 0 Å². The van der Waals surface area contributed by atoms with E-state index < -0.39 is 9.96 Å². The lowest BCUT2D eigenvalue weighted by atomic mass is 10.2. The van der Waals surface area contributed by atoms with Crippen LogP contribution in [0, 0.1) is 5.92 Å². The minimum absolute atomic E-state index is 0.120. The number of thiocarbonyl (C=S) groups is 1. The first-order chi connectivity index (χ1) is 10.5. The van der Waals surface area contributed by atoms with Crippen LogP contribution >= 0.6 is 70.2 Å². The van der Waals surface area contributed by atoms with Crippen molar-refractivity contribution in [3.63, 3.8) is 0 Å². The predicted octanol–water partition coefficient (Wildman–Crippen LogP) is 4.75. The number of alkyl halides is 3. The lowest BCUT2D eigenvalue weighted by molar-refractivity contribution is -0.124. The molecule has 0 fully saturated rings. The normalized spacial score (nSPS) is 12.7. The maximum absolute atomic E-state index is 11.8. The topological polar surface area (TPSA) is 53.2 Å². The fraction of sp³-hybridized carbons (Fsp3) is 0.385. The molecule has 4 nitrogen and oxygen atoms in total. The summed E-state index contributed by atoms with van der Waals surface area (Å²) in [5.41, 5.74) is 0.520. The fourth-order valence-corrected chi connectivity index (χ4v) is 2.40. The third-order valence-corrected chi connectivity index (χ3v) is 4.02. The van der Waals surface area contributed by atoms with Gasteiger partial charge in [-0.15, -0.1) is 0 Å². The molecule has 0 aliphatic carbocycles. The molecule has 1 atom stereocenters. The van der Waals surface area contributed by atoms with E-state index in [4.69, 9.17) is 70.2 Å². The zero-order chi connectivity index (χ0) is 17.8. The van der Waals surface area contributed by atoms with E-state index >= 15 is 0 Å². The van der Waals surface area contributed by atoms with E-state index in [9.17, 15) is 4.79 Å². The second-order valence-electron chi connectivity index (χ2n) is 4.86. The SMILES string of the molecule is CC(C)C(=O)N[C@@H](NC(=S)Nc1ccc(Cl)cc1Cl)C(Cl)(Cl)Cl. The molecule has 1 amide bonds. The number of rotatable bonds is 4. The molecule has 1 rings (SSSR count). The van der Waals surface area contributed by atoms with Gasteiger partial charge in [-0.25, -0.2) is 0 Å². The fourth-order valence-electron chi connectivity index (χ4n) is 1.39. The molecule has 23 heavy (non-hydrogen) atoms. The molecule has 0 radical (unpaired) electrons. The van der Waals surface area contributed by atoms with Crippen molar-refractivity contribution in [1.82, 2.24) is 10.6 Å². The lowest BCUT2D eigenvalue weighted by Crippen LogP contribution is -2.56. The van der Waals surface area contributed by atoms with Gasteiger partial charge in [0, 0.05) is 10.9 Å². The van der Waals surface area contributed by atoms with Crippen LogP contribution in [0.2, 0.25) is 10.0 Å². The van der Waals surface area contributed by atoms with Crippen LogP contribution in [-0.4, -0.2) is 21.0 Å². The second-order valence-corrected chi connectivity index (χ2v) is 8.48. The van der Waals surface area contributed by atoms with Crippen molar-refractivity contribution < 1.29 is 4.79 Å². The number of hydrogen-bond donors (Lipinski definition) is 3. The molecule has 3 N–H and O–H groups in total. The van der Waals surface area contributed by atoms with Gasteiger partial charge >= 0.3 is 0 Å². The van der Waals surface area contributed by atoms with E-state index in [0.29, 0.717) is 15.7 Å². The van der Waals surface area contributed by atoms with Crippen LogP contribution in [0.4, 0.5) is 5.69 Å². The highest BCUT2D eigenvalue weighted by atomic mass is 35.6. The van der Waals surface area contributed by atoms with Crippen molar-refractivity contribution in [1.29, 1.82) is 0 Å². The van der Waals surface area contributed by atoms with E-state index in [0.717, 1.165) is 0 Å². The molecule has 0 saturated heterocycles. The quantitative estimate of drug-likeness (QED) is 0.362. The molecule has 0 unspecified atom stereocenters. The van der Waals surface area contributed by atoms with Crippen LogP contribution in [0.3, 0.4) is 0 Å². The predicted molar refractivity (Wildman–Crippen MR) is 103 cm³/mol. The monoisotopic (exact) mass is 435 g/mol. The molecule has 0 aliphatic heterocycles. The zero-order valence-electron chi connectivity index (χ0n) is 12.1. The van der Waals surface area contributed by atoms with Crippen molar-refractivity contribution in [2.75, 3.05) is 5.32 Å². The Labute approximate surface area is 165 Å². The molecule has 128 valence electrons. The van der Waals surface area contributed by atoms with Gasteiger partial charge in [0.2, 0.25) is 9.70 Å². The van der Waals surface area contributed by atoms with Crippen LogP contribution in [0.5, 0.6) is 0 Å². The summed E-state index contributed by atoms with van der Waals surface area (Å²) in [5, 5.41) is 9.13. The number of nitrogens with one attached hydrogen (secondary N) is 3. The molecule has 1 aromatic carbocycles. The number of halogens is 5. The van der Waals surface area contributed by atoms with Crippen molar-refractivity contribution in [3.05, 3.63) is 28.2 Å². The van der Waals surface area contributed by atoms with Gasteiger partial charge in [-0.1, -0.05) is 71.9 Å². The van der Waals surface area contributed by atoms with Gasteiger partial charge in [-0.2, -0.15) is 0 Å². The number of anilines is 1. The molecular formula is C13H14Cl5N3OS. The van der Waals surface area contributed by atoms with Crippen LogP contribution in [0.1, 0.15) is 13.8 Å². The molecule has 0 aromatic heterocycles. The Morgan fingerprint density at radius 2 is 1.78 bits per heavy atom. The van der Waals surface area contributed by atoms with Gasteiger partial charge in [0.05, 0.1) is 10.7 Å². The number of hydrogen-bond acceptors (Lipinski definition) is 2. The minimum atomic E-state index is -1.81. The summed E-state index contributed by atoms with van der Waals surface area (Å²) in [6.07, 6.45) is -1.02. The Morgan fingerprint density at radius 1 is 1.17 bits per heavy atom. The Bertz CT molecular complexity index is 591. The summed E-state index contributed by atoms with van der Waals surface area (Å²) in [6, 6.07) is 4.85. The van der Waals surface area contributed by atoms with Gasteiger partial charge in [-0.3, -0.25) is 4.79 Å². The van der Waals surface area contributed by atoms with E-state index in [-0.39, 0.29) is 16.9 Å². The summed E-state index contributed by atoms with van der Waals surface area (Å²) in [4.78, 5) is 11.8. The molecule has 1 aromatic rings. The van der Waals surface area contributed by atoms with E-state index in [1.54, 1.807) is 32.0 Å². The van der Waals surface area contributed by atoms with Crippen LogP contribution in [0.15, 0.2) is 18.2 Å². The number of carbonyl (C=O) groups is 1. The summed E-state index contributed by atoms with van der Waals surface area (Å²) in [5.74, 6) is -0.569. The first-order valence-electron chi connectivity index (χ1n) is 6.40. The largest absolute Gasteiger partial charge is 0.339 e. The smallest absolute Gasteiger partial charge is 0.228 e. The highest BCUT2D eigenvalue weighted by Crippen LogP contribution is 2.30. The first kappa shape index (κ1) is 20.9. The lowest BCUT2D eigenvalue weighted by Gasteiger charge is -2.28. The van der Waals surface area contributed by atoms with Gasteiger partial charge in [0.25, 0.3) is 0 Å². The Balaban J connectivity index is 2.79. The third kappa shape index (κ3) is 7.08. The molecule has 0 aliphatic rings. The maximum Gasteiger partial charge on any atom is 0.228 e. The van der Waals surface area contributed by atoms with Crippen LogP contribution in [0.25, 0.3) is 0 Å². The van der Waals surface area contributed by atoms with E-state index in [1.807, 2.05) is 0 Å². The molecule has 0 heterocycles. The Morgan fingerprint density at radius 3 is 2.26 bits per heavy atom. The molecule has 0 bridgehead atoms. The van der Waals surface area contributed by atoms with Gasteiger partial charge in [0.15, 0.2) is 5.11 Å². The first-order valence-corrected chi connectivity index (χ1v) is 8.70. The average Bonchev–Trinajstić information content (AvgIpc) is 2.40. The summed E-state index contributed by atoms with van der Waals surface area (Å²) in [7, 11) is 0. The maximum atomic E-state index is 11.8. The highest BCUT2D eigenvalue weighted by Gasteiger charge is 2.35. The number of benzene rings is 1. The zero-order valence-corrected chi connectivity index (χ0v) is 16.7. The highest BCUT2D eigenvalue weighted by molar-refractivity contribution is 7.80. The second kappa shape index (κ2) is 8.79. The van der Waals surface area contributed by atoms with Gasteiger partial charge in [-0.05, 0) is 30.4 Å². The molecule has 0 spiro atoms. The molecule has 10 heteroatoms. The van der Waals surface area contributed by atoms with Crippen LogP contribution in [-0.2, 0) is 4.79 Å². The van der Waals surface area contributed by atoms with Crippen LogP contribution < -0.4 is 16.0 Å². The number of amides is 1. The van der Waals surface area contributed by atoms with Crippen molar-refractivity contribution >= 4 is 86.9 Å². The van der Waals surface area contributed by atoms with Gasteiger partial charge in [0.1, 0.15) is 6.17 Å². The van der Waals surface area contributed by atoms with E-state index in [2.05, 4.69) is 16.0 Å². The minimum Gasteiger partial charge on any atom is -0.339 e. The van der Waals surface area contributed by atoms with Crippen molar-refractivity contribution in [2.24, 2.45) is 5.92 Å². The number of carbonyl (C=O) groups excluding carboxylic acids is 1. The summed E-state index contributed by atoms with van der Waals surface area (Å²) >= 11 is 34.6. The summed E-state index contributed by atoms with van der Waals surface area (Å²) < 4.78 is -1.81.